The monoisotopic (exact) mass is 285 g/mol. The predicted molar refractivity (Wildman–Crippen MR) is 76.6 cm³/mol. The van der Waals surface area contributed by atoms with Gasteiger partial charge >= 0.3 is 6.18 Å². The normalized spacial score (nSPS) is 15.2. The highest BCUT2D eigenvalue weighted by Gasteiger charge is 2.30. The Morgan fingerprint density at radius 2 is 1.75 bits per heavy atom. The number of hydrogen-bond donors (Lipinski definition) is 1. The fraction of sp³-hybridized carbons (Fsp3) is 0.500. The van der Waals surface area contributed by atoms with Crippen LogP contribution in [0.4, 0.5) is 13.2 Å². The highest BCUT2D eigenvalue weighted by molar-refractivity contribution is 5.26. The van der Waals surface area contributed by atoms with Crippen molar-refractivity contribution >= 4 is 0 Å². The topological polar surface area (TPSA) is 12.0 Å². The van der Waals surface area contributed by atoms with Crippen LogP contribution >= 0.6 is 0 Å². The van der Waals surface area contributed by atoms with Gasteiger partial charge in [0.1, 0.15) is 0 Å². The van der Waals surface area contributed by atoms with Gasteiger partial charge in [-0.2, -0.15) is 13.2 Å². The fourth-order valence-electron chi connectivity index (χ4n) is 1.92. The van der Waals surface area contributed by atoms with Crippen LogP contribution in [0.1, 0.15) is 31.9 Å². The van der Waals surface area contributed by atoms with Crippen molar-refractivity contribution < 1.29 is 13.2 Å². The third kappa shape index (κ3) is 5.00. The van der Waals surface area contributed by atoms with E-state index in [4.69, 9.17) is 0 Å². The predicted octanol–water partition coefficient (Wildman–Crippen LogP) is 4.44. The lowest BCUT2D eigenvalue weighted by molar-refractivity contribution is -0.137. The number of nitrogens with one attached hydrogen (secondary N) is 1. The molecule has 1 N–H and O–H groups in total. The first-order valence-corrected chi connectivity index (χ1v) is 6.69. The molecule has 20 heavy (non-hydrogen) atoms. The Morgan fingerprint density at radius 1 is 1.20 bits per heavy atom. The van der Waals surface area contributed by atoms with Crippen LogP contribution in [0.2, 0.25) is 0 Å². The molecular formula is C16H22F3N. The van der Waals surface area contributed by atoms with Crippen molar-refractivity contribution in [3.8, 4) is 0 Å². The van der Waals surface area contributed by atoms with Crippen LogP contribution in [-0.4, -0.2) is 12.6 Å². The first-order valence-electron chi connectivity index (χ1n) is 6.69. The number of alkyl halides is 3. The number of hydrogen-bond acceptors (Lipinski definition) is 1. The van der Waals surface area contributed by atoms with Crippen LogP contribution in [-0.2, 0) is 12.6 Å². The minimum Gasteiger partial charge on any atom is -0.314 e. The Labute approximate surface area is 118 Å². The SMILES string of the molecule is C=CC(C)(CNC(C)C)Cc1ccc(C(F)(F)F)cc1. The highest BCUT2D eigenvalue weighted by atomic mass is 19.4. The molecule has 0 aliphatic heterocycles. The summed E-state index contributed by atoms with van der Waals surface area (Å²) in [6, 6.07) is 5.71. The molecule has 1 nitrogen and oxygen atoms in total. The van der Waals surface area contributed by atoms with Gasteiger partial charge in [-0.25, -0.2) is 0 Å². The van der Waals surface area contributed by atoms with Crippen molar-refractivity contribution in [3.63, 3.8) is 0 Å². The summed E-state index contributed by atoms with van der Waals surface area (Å²) in [5.74, 6) is 0. The Balaban J connectivity index is 2.77. The Kier molecular flexibility index (Phi) is 5.40. The molecule has 1 rings (SSSR count). The summed E-state index contributed by atoms with van der Waals surface area (Å²) in [7, 11) is 0. The summed E-state index contributed by atoms with van der Waals surface area (Å²) in [6.45, 7) is 10.8. The summed E-state index contributed by atoms with van der Waals surface area (Å²) in [6.07, 6.45) is -1.76. The van der Waals surface area contributed by atoms with E-state index in [-0.39, 0.29) is 5.41 Å². The molecule has 0 heterocycles. The van der Waals surface area contributed by atoms with E-state index in [1.807, 2.05) is 13.0 Å². The number of rotatable bonds is 6. The van der Waals surface area contributed by atoms with Gasteiger partial charge in [0, 0.05) is 18.0 Å². The lowest BCUT2D eigenvalue weighted by Crippen LogP contribution is -2.35. The molecule has 1 unspecified atom stereocenters. The first kappa shape index (κ1) is 16.8. The van der Waals surface area contributed by atoms with Gasteiger partial charge in [-0.15, -0.1) is 6.58 Å². The van der Waals surface area contributed by atoms with Crippen molar-refractivity contribution in [1.82, 2.24) is 5.32 Å². The molecule has 1 atom stereocenters. The van der Waals surface area contributed by atoms with E-state index in [0.717, 1.165) is 24.2 Å². The quantitative estimate of drug-likeness (QED) is 0.762. The molecule has 0 radical (unpaired) electrons. The van der Waals surface area contributed by atoms with Crippen LogP contribution in [0.25, 0.3) is 0 Å². The van der Waals surface area contributed by atoms with Crippen molar-refractivity contribution in [2.45, 2.75) is 39.4 Å². The van der Waals surface area contributed by atoms with E-state index in [0.29, 0.717) is 12.5 Å². The second-order valence-electron chi connectivity index (χ2n) is 5.77. The molecule has 1 aromatic rings. The molecule has 112 valence electrons. The lowest BCUT2D eigenvalue weighted by Gasteiger charge is -2.27. The maximum atomic E-state index is 12.5. The maximum absolute atomic E-state index is 12.5. The van der Waals surface area contributed by atoms with Crippen molar-refractivity contribution in [3.05, 3.63) is 48.0 Å². The minimum atomic E-state index is -4.28. The van der Waals surface area contributed by atoms with Gasteiger partial charge in [-0.05, 0) is 24.1 Å². The summed E-state index contributed by atoms with van der Waals surface area (Å²) >= 11 is 0. The van der Waals surface area contributed by atoms with Crippen LogP contribution in [0.15, 0.2) is 36.9 Å². The smallest absolute Gasteiger partial charge is 0.314 e. The molecule has 0 aliphatic rings. The van der Waals surface area contributed by atoms with Crippen molar-refractivity contribution in [2.24, 2.45) is 5.41 Å². The van der Waals surface area contributed by atoms with Crippen LogP contribution in [0.3, 0.4) is 0 Å². The zero-order chi connectivity index (χ0) is 15.4. The van der Waals surface area contributed by atoms with Gasteiger partial charge in [0.05, 0.1) is 5.56 Å². The van der Waals surface area contributed by atoms with E-state index in [9.17, 15) is 13.2 Å². The fourth-order valence-corrected chi connectivity index (χ4v) is 1.92. The van der Waals surface area contributed by atoms with Crippen LogP contribution in [0.5, 0.6) is 0 Å². The maximum Gasteiger partial charge on any atom is 0.416 e. The average molecular weight is 285 g/mol. The molecule has 4 heteroatoms. The summed E-state index contributed by atoms with van der Waals surface area (Å²) in [5.41, 5.74) is 0.0946. The van der Waals surface area contributed by atoms with E-state index in [1.54, 1.807) is 12.1 Å². The molecule has 1 aromatic carbocycles. The molecule has 0 amide bonds. The summed E-state index contributed by atoms with van der Waals surface area (Å²) in [5, 5.41) is 3.34. The second-order valence-corrected chi connectivity index (χ2v) is 5.77. The van der Waals surface area contributed by atoms with Crippen molar-refractivity contribution in [1.29, 1.82) is 0 Å². The van der Waals surface area contributed by atoms with Crippen LogP contribution in [0, 0.1) is 5.41 Å². The summed E-state index contributed by atoms with van der Waals surface area (Å²) in [4.78, 5) is 0. The van der Waals surface area contributed by atoms with Gasteiger partial charge in [0.15, 0.2) is 0 Å². The minimum absolute atomic E-state index is 0.177. The van der Waals surface area contributed by atoms with E-state index >= 15 is 0 Å². The zero-order valence-corrected chi connectivity index (χ0v) is 12.2. The van der Waals surface area contributed by atoms with Gasteiger partial charge in [0.2, 0.25) is 0 Å². The lowest BCUT2D eigenvalue weighted by atomic mass is 9.83. The standard InChI is InChI=1S/C16H22F3N/c1-5-15(4,11-20-12(2)3)10-13-6-8-14(9-7-13)16(17,18)19/h5-9,12,20H,1,10-11H2,2-4H3. The molecule has 0 bridgehead atoms. The Bertz CT molecular complexity index is 434. The molecule has 0 aromatic heterocycles. The Morgan fingerprint density at radius 3 is 2.15 bits per heavy atom. The molecule has 0 saturated heterocycles. The Hall–Kier alpha value is -1.29. The van der Waals surface area contributed by atoms with Gasteiger partial charge in [-0.1, -0.05) is 39.0 Å². The second kappa shape index (κ2) is 6.44. The molecule has 0 saturated carbocycles. The first-order chi connectivity index (χ1) is 9.16. The molecule has 0 fully saturated rings. The number of benzene rings is 1. The molecule has 0 aliphatic carbocycles. The third-order valence-corrected chi connectivity index (χ3v) is 3.30. The van der Waals surface area contributed by atoms with Gasteiger partial charge in [0.25, 0.3) is 0 Å². The van der Waals surface area contributed by atoms with E-state index < -0.39 is 11.7 Å². The van der Waals surface area contributed by atoms with Gasteiger partial charge < -0.3 is 5.32 Å². The van der Waals surface area contributed by atoms with Crippen molar-refractivity contribution in [2.75, 3.05) is 6.54 Å². The summed E-state index contributed by atoms with van der Waals surface area (Å²) < 4.78 is 37.5. The van der Waals surface area contributed by atoms with Gasteiger partial charge in [-0.3, -0.25) is 0 Å². The van der Waals surface area contributed by atoms with Crippen LogP contribution < -0.4 is 5.32 Å². The largest absolute Gasteiger partial charge is 0.416 e. The molecular weight excluding hydrogens is 263 g/mol. The third-order valence-electron chi connectivity index (χ3n) is 3.30. The number of halogens is 3. The van der Waals surface area contributed by atoms with E-state index in [1.165, 1.54) is 0 Å². The highest BCUT2D eigenvalue weighted by Crippen LogP contribution is 2.30. The zero-order valence-electron chi connectivity index (χ0n) is 12.2. The molecule has 0 spiro atoms. The van der Waals surface area contributed by atoms with E-state index in [2.05, 4.69) is 25.7 Å². The average Bonchev–Trinajstić information content (AvgIpc) is 2.36.